The van der Waals surface area contributed by atoms with Gasteiger partial charge in [-0.3, -0.25) is 19.7 Å². The molecule has 0 atom stereocenters. The number of nitro benzene ring substituents is 1. The highest BCUT2D eigenvalue weighted by molar-refractivity contribution is 5.77. The molecule has 1 heterocycles. The maximum Gasteiger partial charge on any atom is 0.272 e. The second-order valence-corrected chi connectivity index (χ2v) is 6.88. The summed E-state index contributed by atoms with van der Waals surface area (Å²) in [6, 6.07) is 12.0. The highest BCUT2D eigenvalue weighted by Crippen LogP contribution is 2.23. The van der Waals surface area contributed by atoms with Crippen LogP contribution in [-0.4, -0.2) is 54.8 Å². The molecule has 0 bridgehead atoms. The zero-order valence-corrected chi connectivity index (χ0v) is 16.2. The molecule has 0 radical (unpaired) electrons. The minimum Gasteiger partial charge on any atom is -0.493 e. The standard InChI is InChI=1S/C21H23N3O5/c1-16-14-19(6-7-20(16)24(27)28)29-13-8-21(26)23-11-9-22(10-12-23)18-4-2-17(15-25)3-5-18/h2-7,14-15H,8-13H2,1H3. The highest BCUT2D eigenvalue weighted by Gasteiger charge is 2.21. The molecule has 3 rings (SSSR count). The zero-order valence-electron chi connectivity index (χ0n) is 16.2. The Balaban J connectivity index is 1.44. The maximum absolute atomic E-state index is 12.4. The van der Waals surface area contributed by atoms with Gasteiger partial charge in [-0.15, -0.1) is 0 Å². The van der Waals surface area contributed by atoms with E-state index < -0.39 is 4.92 Å². The number of benzene rings is 2. The number of nitrogens with zero attached hydrogens (tertiary/aromatic N) is 3. The van der Waals surface area contributed by atoms with E-state index in [1.807, 2.05) is 17.0 Å². The molecular formula is C21H23N3O5. The summed E-state index contributed by atoms with van der Waals surface area (Å²) in [4.78, 5) is 37.6. The number of aldehydes is 1. The van der Waals surface area contributed by atoms with Crippen molar-refractivity contribution in [1.82, 2.24) is 4.90 Å². The number of nitro groups is 1. The van der Waals surface area contributed by atoms with Crippen molar-refractivity contribution in [3.05, 3.63) is 63.7 Å². The van der Waals surface area contributed by atoms with E-state index in [-0.39, 0.29) is 24.6 Å². The fourth-order valence-electron chi connectivity index (χ4n) is 3.31. The Morgan fingerprint density at radius 3 is 2.41 bits per heavy atom. The molecule has 2 aromatic carbocycles. The van der Waals surface area contributed by atoms with Crippen LogP contribution in [0.4, 0.5) is 11.4 Å². The Labute approximate surface area is 168 Å². The van der Waals surface area contributed by atoms with E-state index in [2.05, 4.69) is 4.90 Å². The van der Waals surface area contributed by atoms with Gasteiger partial charge in [0.25, 0.3) is 5.69 Å². The molecule has 0 N–H and O–H groups in total. The zero-order chi connectivity index (χ0) is 20.8. The fourth-order valence-corrected chi connectivity index (χ4v) is 3.31. The summed E-state index contributed by atoms with van der Waals surface area (Å²) in [6.45, 7) is 4.60. The molecule has 1 fully saturated rings. The second kappa shape index (κ2) is 9.18. The van der Waals surface area contributed by atoms with E-state index >= 15 is 0 Å². The molecule has 1 amide bonds. The number of hydrogen-bond acceptors (Lipinski definition) is 6. The first-order valence-electron chi connectivity index (χ1n) is 9.44. The Bertz CT molecular complexity index is 890. The average Bonchev–Trinajstić information content (AvgIpc) is 2.73. The van der Waals surface area contributed by atoms with Crippen LogP contribution in [0.25, 0.3) is 0 Å². The largest absolute Gasteiger partial charge is 0.493 e. The molecule has 0 aromatic heterocycles. The number of piperazine rings is 1. The molecule has 0 unspecified atom stereocenters. The van der Waals surface area contributed by atoms with Crippen molar-refractivity contribution in [2.45, 2.75) is 13.3 Å². The smallest absolute Gasteiger partial charge is 0.272 e. The predicted molar refractivity (Wildman–Crippen MR) is 109 cm³/mol. The molecule has 0 saturated carbocycles. The normalized spacial score (nSPS) is 13.8. The van der Waals surface area contributed by atoms with Crippen LogP contribution in [0.1, 0.15) is 22.3 Å². The lowest BCUT2D eigenvalue weighted by atomic mass is 10.2. The van der Waals surface area contributed by atoms with Gasteiger partial charge >= 0.3 is 0 Å². The molecule has 8 nitrogen and oxygen atoms in total. The van der Waals surface area contributed by atoms with Gasteiger partial charge in [0.2, 0.25) is 5.91 Å². The Hall–Kier alpha value is -3.42. The van der Waals surface area contributed by atoms with Crippen LogP contribution in [-0.2, 0) is 4.79 Å². The van der Waals surface area contributed by atoms with Crippen LogP contribution in [0, 0.1) is 17.0 Å². The number of carbonyl (C=O) groups excluding carboxylic acids is 2. The van der Waals surface area contributed by atoms with Crippen molar-refractivity contribution in [3.63, 3.8) is 0 Å². The van der Waals surface area contributed by atoms with E-state index in [0.717, 1.165) is 25.1 Å². The van der Waals surface area contributed by atoms with Crippen LogP contribution in [0.15, 0.2) is 42.5 Å². The van der Waals surface area contributed by atoms with Crippen LogP contribution < -0.4 is 9.64 Å². The third kappa shape index (κ3) is 5.10. The highest BCUT2D eigenvalue weighted by atomic mass is 16.6. The molecule has 1 aliphatic rings. The molecule has 1 saturated heterocycles. The van der Waals surface area contributed by atoms with Gasteiger partial charge in [0, 0.05) is 49.1 Å². The van der Waals surface area contributed by atoms with Crippen molar-refractivity contribution in [3.8, 4) is 5.75 Å². The maximum atomic E-state index is 12.4. The lowest BCUT2D eigenvalue weighted by Gasteiger charge is -2.36. The third-order valence-corrected chi connectivity index (χ3v) is 4.98. The van der Waals surface area contributed by atoms with Gasteiger partial charge in [-0.05, 0) is 43.3 Å². The lowest BCUT2D eigenvalue weighted by Crippen LogP contribution is -2.49. The van der Waals surface area contributed by atoms with Gasteiger partial charge in [0.15, 0.2) is 0 Å². The number of carbonyl (C=O) groups is 2. The number of anilines is 1. The molecular weight excluding hydrogens is 374 g/mol. The Morgan fingerprint density at radius 2 is 1.83 bits per heavy atom. The summed E-state index contributed by atoms with van der Waals surface area (Å²) < 4.78 is 5.59. The summed E-state index contributed by atoms with van der Waals surface area (Å²) >= 11 is 0. The van der Waals surface area contributed by atoms with Crippen LogP contribution in [0.5, 0.6) is 5.75 Å². The van der Waals surface area contributed by atoms with Crippen molar-refractivity contribution < 1.29 is 19.2 Å². The summed E-state index contributed by atoms with van der Waals surface area (Å²) in [5.41, 5.74) is 2.26. The quantitative estimate of drug-likeness (QED) is 0.405. The van der Waals surface area contributed by atoms with Crippen molar-refractivity contribution in [2.24, 2.45) is 0 Å². The van der Waals surface area contributed by atoms with Gasteiger partial charge in [-0.25, -0.2) is 0 Å². The fraction of sp³-hybridized carbons (Fsp3) is 0.333. The number of hydrogen-bond donors (Lipinski definition) is 0. The van der Waals surface area contributed by atoms with Gasteiger partial charge < -0.3 is 14.5 Å². The molecule has 0 spiro atoms. The van der Waals surface area contributed by atoms with E-state index in [9.17, 15) is 19.7 Å². The molecule has 8 heteroatoms. The Kier molecular flexibility index (Phi) is 6.43. The lowest BCUT2D eigenvalue weighted by molar-refractivity contribution is -0.385. The topological polar surface area (TPSA) is 93.0 Å². The first-order chi connectivity index (χ1) is 14.0. The van der Waals surface area contributed by atoms with E-state index in [1.54, 1.807) is 31.2 Å². The monoisotopic (exact) mass is 397 g/mol. The number of amides is 1. The Morgan fingerprint density at radius 1 is 1.14 bits per heavy atom. The van der Waals surface area contributed by atoms with Gasteiger partial charge in [0.1, 0.15) is 12.0 Å². The van der Waals surface area contributed by atoms with Crippen molar-refractivity contribution >= 4 is 23.6 Å². The predicted octanol–water partition coefficient (Wildman–Crippen LogP) is 2.83. The minimum absolute atomic E-state index is 0.0274. The van der Waals surface area contributed by atoms with Gasteiger partial charge in [-0.2, -0.15) is 0 Å². The van der Waals surface area contributed by atoms with E-state index in [0.29, 0.717) is 30.0 Å². The summed E-state index contributed by atoms with van der Waals surface area (Å²) in [7, 11) is 0. The van der Waals surface area contributed by atoms with Crippen LogP contribution in [0.2, 0.25) is 0 Å². The summed E-state index contributed by atoms with van der Waals surface area (Å²) in [5, 5.41) is 10.9. The van der Waals surface area contributed by atoms with E-state index in [1.165, 1.54) is 6.07 Å². The SMILES string of the molecule is Cc1cc(OCCC(=O)N2CCN(c3ccc(C=O)cc3)CC2)ccc1[N+](=O)[O-]. The minimum atomic E-state index is -0.432. The van der Waals surface area contributed by atoms with Gasteiger partial charge in [0.05, 0.1) is 18.0 Å². The molecule has 29 heavy (non-hydrogen) atoms. The first-order valence-corrected chi connectivity index (χ1v) is 9.44. The summed E-state index contributed by atoms with van der Waals surface area (Å²) in [5.74, 6) is 0.545. The molecule has 1 aliphatic heterocycles. The second-order valence-electron chi connectivity index (χ2n) is 6.88. The number of rotatable bonds is 7. The van der Waals surface area contributed by atoms with Crippen LogP contribution in [0.3, 0.4) is 0 Å². The average molecular weight is 397 g/mol. The van der Waals surface area contributed by atoms with Crippen molar-refractivity contribution in [2.75, 3.05) is 37.7 Å². The summed E-state index contributed by atoms with van der Waals surface area (Å²) in [6.07, 6.45) is 1.07. The van der Waals surface area contributed by atoms with Crippen molar-refractivity contribution in [1.29, 1.82) is 0 Å². The first kappa shape index (κ1) is 20.3. The van der Waals surface area contributed by atoms with Crippen LogP contribution >= 0.6 is 0 Å². The molecule has 0 aliphatic carbocycles. The number of ether oxygens (including phenoxy) is 1. The molecule has 152 valence electrons. The van der Waals surface area contributed by atoms with E-state index in [4.69, 9.17) is 4.74 Å². The van der Waals surface area contributed by atoms with Gasteiger partial charge in [-0.1, -0.05) is 0 Å². The third-order valence-electron chi connectivity index (χ3n) is 4.98. The number of aryl methyl sites for hydroxylation is 1. The molecule has 2 aromatic rings.